The number of anilines is 2. The van der Waals surface area contributed by atoms with Crippen LogP contribution >= 0.6 is 0 Å². The average Bonchev–Trinajstić information content (AvgIpc) is 3.37. The van der Waals surface area contributed by atoms with Crippen molar-refractivity contribution in [2.45, 2.75) is 59.4 Å². The Hall–Kier alpha value is -4.81. The number of methoxy groups -OCH3 is 1. The predicted molar refractivity (Wildman–Crippen MR) is 271 cm³/mol. The molecule has 15 nitrogen and oxygen atoms in total. The first-order valence-electron chi connectivity index (χ1n) is 24.6. The lowest BCUT2D eigenvalue weighted by atomic mass is 9.97. The molecule has 2 amide bonds. The third kappa shape index (κ3) is 22.2. The van der Waals surface area contributed by atoms with Gasteiger partial charge in [0.05, 0.1) is 123 Å². The molecule has 1 heterocycles. The molecule has 0 saturated carbocycles. The highest BCUT2D eigenvalue weighted by atomic mass is 16.6. The highest BCUT2D eigenvalue weighted by Crippen LogP contribution is 2.33. The van der Waals surface area contributed by atoms with E-state index in [0.717, 1.165) is 66.7 Å². The Morgan fingerprint density at radius 1 is 0.594 bits per heavy atom. The van der Waals surface area contributed by atoms with Gasteiger partial charge in [0.1, 0.15) is 0 Å². The van der Waals surface area contributed by atoms with Crippen molar-refractivity contribution in [2.24, 2.45) is 0 Å². The molecule has 4 aromatic rings. The second-order valence-corrected chi connectivity index (χ2v) is 16.2. The van der Waals surface area contributed by atoms with Crippen LogP contribution in [-0.4, -0.2) is 149 Å². The van der Waals surface area contributed by atoms with Crippen molar-refractivity contribution in [3.63, 3.8) is 0 Å². The number of hydrogen-bond donors (Lipinski definition) is 2. The Kier molecular flexibility index (Phi) is 29.1. The molecule has 1 unspecified atom stereocenters. The van der Waals surface area contributed by atoms with E-state index in [1.807, 2.05) is 54.6 Å². The van der Waals surface area contributed by atoms with Crippen molar-refractivity contribution in [1.29, 1.82) is 0 Å². The summed E-state index contributed by atoms with van der Waals surface area (Å²) in [4.78, 5) is 34.5. The molecule has 0 radical (unpaired) electrons. The summed E-state index contributed by atoms with van der Waals surface area (Å²) in [6.45, 7) is 18.8. The second-order valence-electron chi connectivity index (χ2n) is 16.2. The first-order chi connectivity index (χ1) is 33.9. The number of aromatic nitrogens is 1. The molecule has 0 aliphatic heterocycles. The van der Waals surface area contributed by atoms with Gasteiger partial charge in [0.15, 0.2) is 0 Å². The lowest BCUT2D eigenvalue weighted by molar-refractivity contribution is -0.0243. The molecule has 0 spiro atoms. The van der Waals surface area contributed by atoms with E-state index in [4.69, 9.17) is 47.6 Å². The van der Waals surface area contributed by atoms with Gasteiger partial charge in [-0.25, -0.2) is 0 Å². The summed E-state index contributed by atoms with van der Waals surface area (Å²) in [7, 11) is 1.64. The SMILES string of the molecule is CCCC(NC(=O)c1ccnc(-c2cc(N(CC)CC)ccc2NC(=O)c2cccc(CCCOCCOCCOCCOCCOCCOCCOCCOCCOC)c2)c1)c1ccccc1C. The lowest BCUT2D eigenvalue weighted by Gasteiger charge is -2.23. The average molecular weight is 959 g/mol. The molecule has 0 fully saturated rings. The molecule has 2 N–H and O–H groups in total. The molecule has 1 atom stereocenters. The number of aryl methyl sites for hydroxylation is 2. The van der Waals surface area contributed by atoms with Gasteiger partial charge in [0.2, 0.25) is 0 Å². The minimum absolute atomic E-state index is 0.115. The summed E-state index contributed by atoms with van der Waals surface area (Å²) in [6, 6.07) is 25.2. The Balaban J connectivity index is 1.12. The smallest absolute Gasteiger partial charge is 0.255 e. The van der Waals surface area contributed by atoms with E-state index in [1.165, 1.54) is 0 Å². The molecule has 15 heteroatoms. The quantitative estimate of drug-likeness (QED) is 0.0414. The Morgan fingerprint density at radius 2 is 1.14 bits per heavy atom. The van der Waals surface area contributed by atoms with Crippen LogP contribution < -0.4 is 15.5 Å². The van der Waals surface area contributed by atoms with Crippen molar-refractivity contribution in [3.05, 3.63) is 113 Å². The zero-order valence-electron chi connectivity index (χ0n) is 41.8. The number of rotatable bonds is 39. The number of benzene rings is 3. The largest absolute Gasteiger partial charge is 0.382 e. The van der Waals surface area contributed by atoms with Crippen LogP contribution in [0.15, 0.2) is 85.1 Å². The van der Waals surface area contributed by atoms with Gasteiger partial charge in [-0.1, -0.05) is 49.7 Å². The van der Waals surface area contributed by atoms with Gasteiger partial charge in [0.25, 0.3) is 11.8 Å². The van der Waals surface area contributed by atoms with Gasteiger partial charge in [-0.15, -0.1) is 0 Å². The number of carbonyl (C=O) groups excluding carboxylic acids is 2. The maximum Gasteiger partial charge on any atom is 0.255 e. The second kappa shape index (κ2) is 35.3. The van der Waals surface area contributed by atoms with Gasteiger partial charge < -0.3 is 58.2 Å². The summed E-state index contributed by atoms with van der Waals surface area (Å²) in [5.74, 6) is -0.403. The summed E-state index contributed by atoms with van der Waals surface area (Å²) in [6.07, 6.45) is 4.96. The van der Waals surface area contributed by atoms with Crippen LogP contribution in [0.3, 0.4) is 0 Å². The van der Waals surface area contributed by atoms with E-state index < -0.39 is 0 Å². The summed E-state index contributed by atoms with van der Waals surface area (Å²) in [5.41, 5.74) is 7.28. The minimum Gasteiger partial charge on any atom is -0.382 e. The number of ether oxygens (including phenoxy) is 9. The van der Waals surface area contributed by atoms with E-state index in [2.05, 4.69) is 55.4 Å². The fourth-order valence-corrected chi connectivity index (χ4v) is 7.40. The fraction of sp³-hybridized carbons (Fsp3) is 0.537. The van der Waals surface area contributed by atoms with Crippen LogP contribution in [0.25, 0.3) is 11.3 Å². The number of amides is 2. The van der Waals surface area contributed by atoms with E-state index in [9.17, 15) is 9.59 Å². The molecule has 0 bridgehead atoms. The van der Waals surface area contributed by atoms with Crippen LogP contribution in [0.1, 0.15) is 83.5 Å². The maximum atomic E-state index is 13.8. The van der Waals surface area contributed by atoms with Gasteiger partial charge in [0, 0.05) is 55.4 Å². The molecular formula is C54H78N4O11. The van der Waals surface area contributed by atoms with Crippen LogP contribution in [0, 0.1) is 6.92 Å². The van der Waals surface area contributed by atoms with Crippen molar-refractivity contribution >= 4 is 23.2 Å². The van der Waals surface area contributed by atoms with E-state index >= 15 is 0 Å². The van der Waals surface area contributed by atoms with Gasteiger partial charge >= 0.3 is 0 Å². The summed E-state index contributed by atoms with van der Waals surface area (Å²) >= 11 is 0. The first kappa shape index (κ1) is 56.8. The first-order valence-corrected chi connectivity index (χ1v) is 24.6. The molecule has 0 aliphatic rings. The van der Waals surface area contributed by atoms with Crippen LogP contribution in [0.5, 0.6) is 0 Å². The van der Waals surface area contributed by atoms with Gasteiger partial charge in [-0.05, 0) is 99.2 Å². The Morgan fingerprint density at radius 3 is 1.70 bits per heavy atom. The summed E-state index contributed by atoms with van der Waals surface area (Å²) in [5, 5.41) is 6.42. The predicted octanol–water partition coefficient (Wildman–Crippen LogP) is 8.14. The van der Waals surface area contributed by atoms with E-state index in [-0.39, 0.29) is 17.9 Å². The number of carbonyl (C=O) groups is 2. The van der Waals surface area contributed by atoms with Crippen LogP contribution in [-0.2, 0) is 49.1 Å². The Bertz CT molecular complexity index is 2020. The molecule has 1 aromatic heterocycles. The standard InChI is InChI=1S/C54H78N4O11/c1-6-13-50(48-18-10-9-14-43(48)4)56-54(60)46-21-22-55-52(41-46)49-42-47(58(7-2)8-3)19-20-51(49)57-53(59)45-17-11-15-44(40-45)16-12-23-62-26-27-64-30-31-66-34-35-68-38-39-69-37-36-67-33-32-65-29-28-63-25-24-61-5/h9-11,14-15,17-22,40-42,50H,6-8,12-13,16,23-39H2,1-5H3,(H,56,60)(H,57,59). The van der Waals surface area contributed by atoms with Crippen LogP contribution in [0.4, 0.5) is 11.4 Å². The van der Waals surface area contributed by atoms with E-state index in [1.54, 1.807) is 25.4 Å². The molecule has 69 heavy (non-hydrogen) atoms. The third-order valence-electron chi connectivity index (χ3n) is 11.1. The monoisotopic (exact) mass is 959 g/mol. The highest BCUT2D eigenvalue weighted by Gasteiger charge is 2.20. The number of nitrogens with one attached hydrogen (secondary N) is 2. The molecule has 0 saturated heterocycles. The van der Waals surface area contributed by atoms with Crippen molar-refractivity contribution < 1.29 is 52.2 Å². The number of pyridine rings is 1. The highest BCUT2D eigenvalue weighted by molar-refractivity contribution is 6.06. The molecule has 3 aromatic carbocycles. The van der Waals surface area contributed by atoms with Crippen molar-refractivity contribution in [2.75, 3.05) is 143 Å². The number of nitrogens with zero attached hydrogens (tertiary/aromatic N) is 2. The van der Waals surface area contributed by atoms with E-state index in [0.29, 0.717) is 135 Å². The molecule has 4 rings (SSSR count). The van der Waals surface area contributed by atoms with Crippen molar-refractivity contribution in [1.82, 2.24) is 10.3 Å². The summed E-state index contributed by atoms with van der Waals surface area (Å²) < 4.78 is 49.2. The number of hydrogen-bond acceptors (Lipinski definition) is 13. The molecule has 0 aliphatic carbocycles. The molecular weight excluding hydrogens is 881 g/mol. The van der Waals surface area contributed by atoms with Gasteiger partial charge in [-0.2, -0.15) is 0 Å². The zero-order chi connectivity index (χ0) is 49.2. The zero-order valence-corrected chi connectivity index (χ0v) is 41.8. The Labute approximate surface area is 410 Å². The van der Waals surface area contributed by atoms with Gasteiger partial charge in [-0.3, -0.25) is 14.6 Å². The lowest BCUT2D eigenvalue weighted by Crippen LogP contribution is -2.29. The topological polar surface area (TPSA) is 157 Å². The normalized spacial score (nSPS) is 11.7. The van der Waals surface area contributed by atoms with Crippen LogP contribution in [0.2, 0.25) is 0 Å². The van der Waals surface area contributed by atoms with Crippen molar-refractivity contribution in [3.8, 4) is 11.3 Å². The molecule has 380 valence electrons. The maximum absolute atomic E-state index is 13.8. The minimum atomic E-state index is -0.231. The fourth-order valence-electron chi connectivity index (χ4n) is 7.40. The third-order valence-corrected chi connectivity index (χ3v) is 11.1.